The second-order valence-corrected chi connectivity index (χ2v) is 5.83. The van der Waals surface area contributed by atoms with Gasteiger partial charge in [-0.2, -0.15) is 9.94 Å². The number of ether oxygens (including phenoxy) is 1. The number of nitriles is 1. The quantitative estimate of drug-likeness (QED) is 0.372. The first-order valence-electron chi connectivity index (χ1n) is 7.61. The van der Waals surface area contributed by atoms with E-state index < -0.39 is 5.97 Å². The van der Waals surface area contributed by atoms with E-state index in [1.807, 2.05) is 30.3 Å². The normalized spacial score (nSPS) is 11.2. The van der Waals surface area contributed by atoms with E-state index in [1.165, 1.54) is 17.8 Å². The summed E-state index contributed by atoms with van der Waals surface area (Å²) in [5.41, 5.74) is 0.688. The number of esters is 1. The summed E-state index contributed by atoms with van der Waals surface area (Å²) in [7, 11) is 0. The molecule has 0 fully saturated rings. The molecule has 0 radical (unpaired) electrons. The highest BCUT2D eigenvalue weighted by molar-refractivity contribution is 7.99. The van der Waals surface area contributed by atoms with Gasteiger partial charge in [0.2, 0.25) is 5.16 Å². The summed E-state index contributed by atoms with van der Waals surface area (Å²) in [6.07, 6.45) is 1.34. The van der Waals surface area contributed by atoms with Crippen molar-refractivity contribution in [2.75, 3.05) is 6.61 Å². The first-order chi connectivity index (χ1) is 12.7. The zero-order valence-corrected chi connectivity index (χ0v) is 14.5. The van der Waals surface area contributed by atoms with Gasteiger partial charge in [-0.25, -0.2) is 4.79 Å². The molecule has 1 aromatic carbocycles. The molecule has 130 valence electrons. The highest BCUT2D eigenvalue weighted by Gasteiger charge is 2.14. The maximum atomic E-state index is 11.7. The number of aromatic nitrogens is 4. The second-order valence-electron chi connectivity index (χ2n) is 4.86. The third kappa shape index (κ3) is 3.99. The predicted octanol–water partition coefficient (Wildman–Crippen LogP) is 2.88. The van der Waals surface area contributed by atoms with Crippen LogP contribution in [0.25, 0.3) is 11.8 Å². The minimum Gasteiger partial charge on any atom is -0.462 e. The van der Waals surface area contributed by atoms with Gasteiger partial charge in [-0.15, -0.1) is 5.10 Å². The average Bonchev–Trinajstić information content (AvgIpc) is 3.30. The number of hydrogen-bond donors (Lipinski definition) is 0. The number of carbonyl (C=O) groups excluding carboxylic acids is 1. The molecule has 3 aromatic rings. The van der Waals surface area contributed by atoms with Crippen LogP contribution >= 0.6 is 11.8 Å². The highest BCUT2D eigenvalue weighted by atomic mass is 32.2. The Bertz CT molecular complexity index is 972. The van der Waals surface area contributed by atoms with Crippen molar-refractivity contribution in [2.24, 2.45) is 0 Å². The Labute approximate surface area is 153 Å². The molecule has 8 nitrogen and oxygen atoms in total. The number of carbonyl (C=O) groups is 1. The van der Waals surface area contributed by atoms with Crippen molar-refractivity contribution in [1.82, 2.24) is 20.2 Å². The number of benzene rings is 1. The summed E-state index contributed by atoms with van der Waals surface area (Å²) < 4.78 is 12.0. The fraction of sp³-hybridized carbons (Fsp3) is 0.118. The van der Waals surface area contributed by atoms with Gasteiger partial charge in [0.1, 0.15) is 17.4 Å². The van der Waals surface area contributed by atoms with Crippen LogP contribution in [0.4, 0.5) is 0 Å². The number of nitrogens with zero attached hydrogens (tertiary/aromatic N) is 5. The van der Waals surface area contributed by atoms with E-state index in [4.69, 9.17) is 14.4 Å². The van der Waals surface area contributed by atoms with Crippen LogP contribution in [0.2, 0.25) is 0 Å². The summed E-state index contributed by atoms with van der Waals surface area (Å²) in [5.74, 6) is -0.329. The minimum atomic E-state index is -0.686. The molecular weight excluding hydrogens is 354 g/mol. The smallest absolute Gasteiger partial charge is 0.349 e. The fourth-order valence-electron chi connectivity index (χ4n) is 2.02. The van der Waals surface area contributed by atoms with Crippen LogP contribution in [0.3, 0.4) is 0 Å². The van der Waals surface area contributed by atoms with Crippen LogP contribution in [0.15, 0.2) is 62.7 Å². The number of tetrazole rings is 1. The van der Waals surface area contributed by atoms with Crippen molar-refractivity contribution in [1.29, 1.82) is 5.26 Å². The van der Waals surface area contributed by atoms with Crippen LogP contribution in [0.1, 0.15) is 12.7 Å². The van der Waals surface area contributed by atoms with E-state index in [2.05, 4.69) is 15.5 Å². The Kier molecular flexibility index (Phi) is 5.46. The maximum absolute atomic E-state index is 11.7. The van der Waals surface area contributed by atoms with Crippen molar-refractivity contribution >= 4 is 23.8 Å². The first-order valence-corrected chi connectivity index (χ1v) is 8.43. The largest absolute Gasteiger partial charge is 0.462 e. The SMILES string of the molecule is CCOC(=O)/C(C#N)=C/c1ccc(Sc2nnnn2-c2ccccc2)o1. The molecule has 0 amide bonds. The van der Waals surface area contributed by atoms with Crippen LogP contribution in [0.5, 0.6) is 0 Å². The third-order valence-electron chi connectivity index (χ3n) is 3.14. The molecule has 0 bridgehead atoms. The molecule has 0 saturated carbocycles. The molecule has 0 spiro atoms. The van der Waals surface area contributed by atoms with Gasteiger partial charge in [0, 0.05) is 6.08 Å². The van der Waals surface area contributed by atoms with Gasteiger partial charge in [0.05, 0.1) is 12.3 Å². The van der Waals surface area contributed by atoms with E-state index in [9.17, 15) is 4.79 Å². The number of furan rings is 1. The molecule has 26 heavy (non-hydrogen) atoms. The lowest BCUT2D eigenvalue weighted by atomic mass is 10.2. The average molecular weight is 367 g/mol. The van der Waals surface area contributed by atoms with Gasteiger partial charge in [-0.1, -0.05) is 18.2 Å². The Balaban J connectivity index is 1.79. The van der Waals surface area contributed by atoms with Crippen molar-refractivity contribution in [3.8, 4) is 11.8 Å². The zero-order chi connectivity index (χ0) is 18.4. The lowest BCUT2D eigenvalue weighted by Crippen LogP contribution is -2.05. The van der Waals surface area contributed by atoms with Crippen molar-refractivity contribution in [3.05, 3.63) is 53.8 Å². The molecule has 0 N–H and O–H groups in total. The van der Waals surface area contributed by atoms with E-state index in [0.717, 1.165) is 5.69 Å². The minimum absolute atomic E-state index is 0.133. The highest BCUT2D eigenvalue weighted by Crippen LogP contribution is 2.29. The van der Waals surface area contributed by atoms with Gasteiger partial charge in [-0.3, -0.25) is 0 Å². The first kappa shape index (κ1) is 17.4. The summed E-state index contributed by atoms with van der Waals surface area (Å²) in [6, 6.07) is 14.6. The van der Waals surface area contributed by atoms with E-state index in [-0.39, 0.29) is 12.2 Å². The molecule has 0 aliphatic carbocycles. The van der Waals surface area contributed by atoms with Crippen molar-refractivity contribution < 1.29 is 13.9 Å². The van der Waals surface area contributed by atoms with Gasteiger partial charge in [-0.05, 0) is 53.4 Å². The fourth-order valence-corrected chi connectivity index (χ4v) is 2.78. The molecular formula is C17H13N5O3S. The molecule has 0 unspecified atom stereocenters. The Hall–Kier alpha value is -3.38. The van der Waals surface area contributed by atoms with Crippen molar-refractivity contribution in [2.45, 2.75) is 17.2 Å². The summed E-state index contributed by atoms with van der Waals surface area (Å²) in [6.45, 7) is 1.87. The zero-order valence-electron chi connectivity index (χ0n) is 13.7. The number of para-hydroxylation sites is 1. The molecule has 2 aromatic heterocycles. The van der Waals surface area contributed by atoms with Crippen LogP contribution in [0, 0.1) is 11.3 Å². The van der Waals surface area contributed by atoms with Gasteiger partial charge in [0.15, 0.2) is 5.09 Å². The third-order valence-corrected chi connectivity index (χ3v) is 4.00. The molecule has 0 aliphatic heterocycles. The predicted molar refractivity (Wildman–Crippen MR) is 92.2 cm³/mol. The van der Waals surface area contributed by atoms with Crippen LogP contribution < -0.4 is 0 Å². The van der Waals surface area contributed by atoms with E-state index >= 15 is 0 Å². The molecule has 0 atom stereocenters. The Morgan fingerprint density at radius 3 is 2.88 bits per heavy atom. The number of rotatable bonds is 6. The van der Waals surface area contributed by atoms with Gasteiger partial charge in [0.25, 0.3) is 0 Å². The lowest BCUT2D eigenvalue weighted by molar-refractivity contribution is -0.137. The second kappa shape index (κ2) is 8.13. The van der Waals surface area contributed by atoms with Gasteiger partial charge < -0.3 is 9.15 Å². The van der Waals surface area contributed by atoms with Crippen LogP contribution in [-0.2, 0) is 9.53 Å². The van der Waals surface area contributed by atoms with Crippen molar-refractivity contribution in [3.63, 3.8) is 0 Å². The standard InChI is InChI=1S/C17H13N5O3S/c1-2-24-16(23)12(11-18)10-14-8-9-15(25-14)26-17-19-20-21-22(17)13-6-4-3-5-7-13/h3-10H,2H2,1H3/b12-10+. The maximum Gasteiger partial charge on any atom is 0.349 e. The topological polar surface area (TPSA) is 107 Å². The van der Waals surface area contributed by atoms with Crippen LogP contribution in [-0.4, -0.2) is 32.8 Å². The summed E-state index contributed by atoms with van der Waals surface area (Å²) >= 11 is 1.22. The molecule has 9 heteroatoms. The molecule has 2 heterocycles. The lowest BCUT2D eigenvalue weighted by Gasteiger charge is -2.02. The molecule has 0 saturated heterocycles. The Morgan fingerprint density at radius 2 is 2.15 bits per heavy atom. The summed E-state index contributed by atoms with van der Waals surface area (Å²) in [5, 5.41) is 21.8. The van der Waals surface area contributed by atoms with E-state index in [0.29, 0.717) is 16.0 Å². The Morgan fingerprint density at radius 1 is 1.35 bits per heavy atom. The molecule has 3 rings (SSSR count). The van der Waals surface area contributed by atoms with E-state index in [1.54, 1.807) is 29.8 Å². The number of hydrogen-bond acceptors (Lipinski definition) is 8. The monoisotopic (exact) mass is 367 g/mol. The van der Waals surface area contributed by atoms with Gasteiger partial charge >= 0.3 is 5.97 Å². The summed E-state index contributed by atoms with van der Waals surface area (Å²) in [4.78, 5) is 11.7. The molecule has 0 aliphatic rings.